The Kier molecular flexibility index (Phi) is 6.28. The number of rotatable bonds is 5. The number of sulfonamides is 1. The van der Waals surface area contributed by atoms with Crippen molar-refractivity contribution >= 4 is 39.6 Å². The predicted molar refractivity (Wildman–Crippen MR) is 118 cm³/mol. The highest BCUT2D eigenvalue weighted by molar-refractivity contribution is 7.90. The molecule has 0 aliphatic carbocycles. The first-order valence-corrected chi connectivity index (χ1v) is 11.2. The van der Waals surface area contributed by atoms with Crippen LogP contribution < -0.4 is 5.32 Å². The second-order valence-corrected chi connectivity index (χ2v) is 9.86. The van der Waals surface area contributed by atoms with Gasteiger partial charge in [0.2, 0.25) is 5.91 Å². The number of hydrazone groups is 1. The van der Waals surface area contributed by atoms with Gasteiger partial charge in [0.25, 0.3) is 10.0 Å². The Bertz CT molecular complexity index is 1100. The number of amides is 1. The molecule has 0 atom stereocenters. The van der Waals surface area contributed by atoms with E-state index < -0.39 is 10.0 Å². The molecule has 1 aliphatic rings. The van der Waals surface area contributed by atoms with E-state index in [0.717, 1.165) is 5.56 Å². The van der Waals surface area contributed by atoms with E-state index in [1.54, 1.807) is 48.7 Å². The molecular weight excluding hydrogens is 424 g/mol. The van der Waals surface area contributed by atoms with Crippen LogP contribution in [0.5, 0.6) is 0 Å². The average molecular weight is 447 g/mol. The van der Waals surface area contributed by atoms with E-state index >= 15 is 0 Å². The van der Waals surface area contributed by atoms with E-state index in [1.807, 2.05) is 20.8 Å². The molecule has 0 bridgehead atoms. The van der Waals surface area contributed by atoms with Crippen LogP contribution in [0.15, 0.2) is 62.9 Å². The molecule has 0 spiro atoms. The van der Waals surface area contributed by atoms with Gasteiger partial charge in [-0.15, -0.1) is 4.40 Å². The Labute approximate surface area is 181 Å². The quantitative estimate of drug-likeness (QED) is 0.562. The zero-order valence-electron chi connectivity index (χ0n) is 17.0. The van der Waals surface area contributed by atoms with Gasteiger partial charge in [-0.05, 0) is 50.6 Å². The predicted octanol–water partition coefficient (Wildman–Crippen LogP) is 3.43. The molecule has 7 nitrogen and oxygen atoms in total. The molecule has 2 aromatic rings. The Hall–Kier alpha value is -2.71. The Balaban J connectivity index is 1.90. The molecule has 0 fully saturated rings. The van der Waals surface area contributed by atoms with E-state index in [4.69, 9.17) is 11.6 Å². The molecule has 0 saturated heterocycles. The molecule has 9 heteroatoms. The van der Waals surface area contributed by atoms with Gasteiger partial charge in [0, 0.05) is 22.5 Å². The van der Waals surface area contributed by atoms with Crippen LogP contribution in [0.4, 0.5) is 0 Å². The van der Waals surface area contributed by atoms with E-state index in [2.05, 4.69) is 14.8 Å². The zero-order chi connectivity index (χ0) is 21.9. The van der Waals surface area contributed by atoms with Crippen LogP contribution in [0.1, 0.15) is 38.3 Å². The first kappa shape index (κ1) is 22.0. The van der Waals surface area contributed by atoms with Gasteiger partial charge in [-0.25, -0.2) is 5.01 Å². The number of hydrogen-bond donors (Lipinski definition) is 1. The molecule has 1 amide bonds. The summed E-state index contributed by atoms with van der Waals surface area (Å²) in [6.45, 7) is 5.84. The van der Waals surface area contributed by atoms with Gasteiger partial charge in [-0.1, -0.05) is 35.9 Å². The van der Waals surface area contributed by atoms with Gasteiger partial charge in [0.05, 0.1) is 12.8 Å². The average Bonchev–Trinajstić information content (AvgIpc) is 2.93. The molecule has 158 valence electrons. The standard InChI is InChI=1S/C21H23ClN4O3S/c1-21(2,3)24-19(27)12-13-26(23-14-15-8-10-16(22)11-9-15)20-17-6-4-5-7-18(17)30(28,29)25-20/h4-11,14H,12-13H2,1-3H3,(H,24,27). The van der Waals surface area contributed by atoms with Crippen LogP contribution >= 0.6 is 11.6 Å². The molecule has 0 saturated carbocycles. The highest BCUT2D eigenvalue weighted by Gasteiger charge is 2.32. The van der Waals surface area contributed by atoms with Crippen molar-refractivity contribution in [1.82, 2.24) is 10.3 Å². The van der Waals surface area contributed by atoms with Crippen molar-refractivity contribution in [3.63, 3.8) is 0 Å². The highest BCUT2D eigenvalue weighted by atomic mass is 35.5. The van der Waals surface area contributed by atoms with E-state index in [1.165, 1.54) is 11.1 Å². The zero-order valence-corrected chi connectivity index (χ0v) is 18.5. The minimum atomic E-state index is -3.80. The Morgan fingerprint density at radius 1 is 1.17 bits per heavy atom. The minimum Gasteiger partial charge on any atom is -0.351 e. The molecule has 3 rings (SSSR count). The molecule has 30 heavy (non-hydrogen) atoms. The van der Waals surface area contributed by atoms with Gasteiger partial charge in [0.1, 0.15) is 4.90 Å². The van der Waals surface area contributed by atoms with Crippen molar-refractivity contribution in [2.24, 2.45) is 9.50 Å². The van der Waals surface area contributed by atoms with Crippen LogP contribution in [0.25, 0.3) is 0 Å². The third kappa shape index (κ3) is 5.46. The third-order valence-electron chi connectivity index (χ3n) is 4.14. The summed E-state index contributed by atoms with van der Waals surface area (Å²) < 4.78 is 28.8. The number of hydrogen-bond acceptors (Lipinski definition) is 5. The molecule has 0 unspecified atom stereocenters. The Morgan fingerprint density at radius 3 is 2.50 bits per heavy atom. The number of nitrogens with one attached hydrogen (secondary N) is 1. The van der Waals surface area contributed by atoms with E-state index in [0.29, 0.717) is 10.6 Å². The number of halogens is 1. The molecule has 0 radical (unpaired) electrons. The molecular formula is C21H23ClN4O3S. The van der Waals surface area contributed by atoms with Crippen molar-refractivity contribution in [3.05, 3.63) is 64.7 Å². The van der Waals surface area contributed by atoms with Crippen LogP contribution in [-0.4, -0.2) is 43.5 Å². The Morgan fingerprint density at radius 2 is 1.83 bits per heavy atom. The van der Waals surface area contributed by atoms with Crippen LogP contribution in [-0.2, 0) is 14.8 Å². The minimum absolute atomic E-state index is 0.121. The monoisotopic (exact) mass is 446 g/mol. The first-order valence-electron chi connectivity index (χ1n) is 9.38. The van der Waals surface area contributed by atoms with Gasteiger partial charge in [-0.2, -0.15) is 13.5 Å². The van der Waals surface area contributed by atoms with Crippen molar-refractivity contribution in [2.75, 3.05) is 6.54 Å². The maximum atomic E-state index is 12.4. The number of carbonyl (C=O) groups is 1. The van der Waals surface area contributed by atoms with Gasteiger partial charge in [-0.3, -0.25) is 4.79 Å². The lowest BCUT2D eigenvalue weighted by Crippen LogP contribution is -2.42. The lowest BCUT2D eigenvalue weighted by atomic mass is 10.1. The summed E-state index contributed by atoms with van der Waals surface area (Å²) in [7, 11) is -3.80. The molecule has 2 aromatic carbocycles. The summed E-state index contributed by atoms with van der Waals surface area (Å²) in [5.74, 6) is 0.0308. The van der Waals surface area contributed by atoms with Crippen molar-refractivity contribution in [1.29, 1.82) is 0 Å². The lowest BCUT2D eigenvalue weighted by molar-refractivity contribution is -0.122. The van der Waals surface area contributed by atoms with Gasteiger partial charge in [0.15, 0.2) is 5.84 Å². The van der Waals surface area contributed by atoms with Crippen molar-refractivity contribution in [3.8, 4) is 0 Å². The maximum Gasteiger partial charge on any atom is 0.285 e. The highest BCUT2D eigenvalue weighted by Crippen LogP contribution is 2.27. The van der Waals surface area contributed by atoms with Gasteiger partial charge < -0.3 is 5.32 Å². The van der Waals surface area contributed by atoms with Crippen molar-refractivity contribution < 1.29 is 13.2 Å². The summed E-state index contributed by atoms with van der Waals surface area (Å²) in [5.41, 5.74) is 0.871. The maximum absolute atomic E-state index is 12.4. The molecule has 1 aliphatic heterocycles. The smallest absolute Gasteiger partial charge is 0.285 e. The topological polar surface area (TPSA) is 91.2 Å². The summed E-state index contributed by atoms with van der Waals surface area (Å²) in [6, 6.07) is 13.6. The summed E-state index contributed by atoms with van der Waals surface area (Å²) >= 11 is 5.92. The fourth-order valence-electron chi connectivity index (χ4n) is 2.87. The number of fused-ring (bicyclic) bond motifs is 1. The number of nitrogens with zero attached hydrogens (tertiary/aromatic N) is 3. The number of carbonyl (C=O) groups excluding carboxylic acids is 1. The van der Waals surface area contributed by atoms with Crippen molar-refractivity contribution in [2.45, 2.75) is 37.6 Å². The first-order chi connectivity index (χ1) is 14.0. The molecule has 1 N–H and O–H groups in total. The normalized spacial score (nSPS) is 15.0. The fourth-order valence-corrected chi connectivity index (χ4v) is 4.20. The summed E-state index contributed by atoms with van der Waals surface area (Å²) in [4.78, 5) is 12.4. The second kappa shape index (κ2) is 8.57. The van der Waals surface area contributed by atoms with E-state index in [9.17, 15) is 13.2 Å². The SMILES string of the molecule is CC(C)(C)NC(=O)CCN(N=Cc1ccc(Cl)cc1)C1=NS(=O)(=O)c2ccccc21. The van der Waals surface area contributed by atoms with Gasteiger partial charge >= 0.3 is 0 Å². The van der Waals surface area contributed by atoms with Crippen LogP contribution in [0.3, 0.4) is 0 Å². The lowest BCUT2D eigenvalue weighted by Gasteiger charge is -2.22. The largest absolute Gasteiger partial charge is 0.351 e. The second-order valence-electron chi connectivity index (χ2n) is 7.85. The molecule has 0 aromatic heterocycles. The van der Waals surface area contributed by atoms with Crippen LogP contribution in [0.2, 0.25) is 5.02 Å². The summed E-state index contributed by atoms with van der Waals surface area (Å²) in [5, 5.41) is 9.36. The van der Waals surface area contributed by atoms with E-state index in [-0.39, 0.29) is 35.1 Å². The number of benzene rings is 2. The third-order valence-corrected chi connectivity index (χ3v) is 5.72. The number of amidine groups is 1. The molecule has 1 heterocycles. The summed E-state index contributed by atoms with van der Waals surface area (Å²) in [6.07, 6.45) is 1.70. The fraction of sp³-hybridized carbons (Fsp3) is 0.286. The van der Waals surface area contributed by atoms with Crippen LogP contribution in [0, 0.1) is 0 Å².